The number of fused-ring (bicyclic) bond motifs is 8. The van der Waals surface area contributed by atoms with E-state index in [4.69, 9.17) is 4.42 Å². The third kappa shape index (κ3) is 4.77. The molecule has 12 rings (SSSR count). The van der Waals surface area contributed by atoms with E-state index in [0.29, 0.717) is 0 Å². The van der Waals surface area contributed by atoms with Gasteiger partial charge < -0.3 is 4.42 Å². The summed E-state index contributed by atoms with van der Waals surface area (Å²) in [6, 6.07) is 80.1. The highest BCUT2D eigenvalue weighted by Gasteiger charge is 2.46. The Morgan fingerprint density at radius 3 is 1.52 bits per heavy atom. The van der Waals surface area contributed by atoms with Gasteiger partial charge >= 0.3 is 0 Å². The minimum Gasteiger partial charge on any atom is -0.455 e. The van der Waals surface area contributed by atoms with E-state index < -0.39 is 5.41 Å². The summed E-state index contributed by atoms with van der Waals surface area (Å²) in [7, 11) is 0. The highest BCUT2D eigenvalue weighted by atomic mass is 16.3. The van der Waals surface area contributed by atoms with Crippen LogP contribution in [0.5, 0.6) is 0 Å². The fourth-order valence-electron chi connectivity index (χ4n) is 10.0. The van der Waals surface area contributed by atoms with Crippen molar-refractivity contribution in [2.24, 2.45) is 0 Å². The van der Waals surface area contributed by atoms with Crippen molar-refractivity contribution < 1.29 is 4.42 Å². The fraction of sp³-hybridized carbons (Fsp3) is 0.0175. The van der Waals surface area contributed by atoms with Crippen LogP contribution in [0.3, 0.4) is 0 Å². The van der Waals surface area contributed by atoms with Crippen LogP contribution in [0.4, 0.5) is 0 Å². The van der Waals surface area contributed by atoms with Gasteiger partial charge in [-0.25, -0.2) is 0 Å². The minimum atomic E-state index is -0.502. The van der Waals surface area contributed by atoms with Gasteiger partial charge in [0.15, 0.2) is 0 Å². The van der Waals surface area contributed by atoms with Crippen LogP contribution in [-0.4, -0.2) is 0 Å². The molecule has 1 aliphatic carbocycles. The van der Waals surface area contributed by atoms with Gasteiger partial charge in [0.25, 0.3) is 0 Å². The summed E-state index contributed by atoms with van der Waals surface area (Å²) in [5.74, 6) is 0. The lowest BCUT2D eigenvalue weighted by molar-refractivity contribution is 0.670. The van der Waals surface area contributed by atoms with Crippen LogP contribution in [0.15, 0.2) is 223 Å². The second-order valence-corrected chi connectivity index (χ2v) is 15.6. The molecule has 10 aromatic carbocycles. The maximum Gasteiger partial charge on any atom is 0.143 e. The Bertz CT molecular complexity index is 3350. The van der Waals surface area contributed by atoms with Gasteiger partial charge in [-0.2, -0.15) is 0 Å². The van der Waals surface area contributed by atoms with E-state index in [1.807, 2.05) is 0 Å². The molecule has 270 valence electrons. The summed E-state index contributed by atoms with van der Waals surface area (Å²) in [4.78, 5) is 0. The number of rotatable bonds is 5. The Balaban J connectivity index is 1.14. The predicted octanol–water partition coefficient (Wildman–Crippen LogP) is 15.3. The molecular weight excluding hydrogens is 701 g/mol. The molecule has 11 aromatic rings. The summed E-state index contributed by atoms with van der Waals surface area (Å²) >= 11 is 0. The highest BCUT2D eigenvalue weighted by Crippen LogP contribution is 2.56. The molecule has 0 spiro atoms. The second-order valence-electron chi connectivity index (χ2n) is 15.6. The SMILES string of the molecule is c1ccc(C2(c3cccc(-c4cc(-c5cccc6ccccc56)cc5c4oc4ccc(-c6cccc7ccccc67)cc45)c3)c3ccccc3-c3ccccc32)cc1. The molecule has 1 heterocycles. The highest BCUT2D eigenvalue weighted by molar-refractivity contribution is 6.14. The molecule has 0 N–H and O–H groups in total. The third-order valence-corrected chi connectivity index (χ3v) is 12.5. The van der Waals surface area contributed by atoms with Crippen LogP contribution in [0, 0.1) is 0 Å². The van der Waals surface area contributed by atoms with Crippen molar-refractivity contribution in [3.05, 3.63) is 241 Å². The van der Waals surface area contributed by atoms with E-state index in [9.17, 15) is 0 Å². The molecule has 0 fully saturated rings. The Hall–Kier alpha value is -7.48. The van der Waals surface area contributed by atoms with Gasteiger partial charge in [0.05, 0.1) is 5.41 Å². The summed E-state index contributed by atoms with van der Waals surface area (Å²) in [6.45, 7) is 0. The standard InChI is InChI=1S/C57H36O/c1-2-20-42(21-3-1)57(53-29-10-8-25-48(53)49-26-9-11-30-54(49)57)43-22-12-19-39(33-43)50-35-41(47-28-14-18-38-16-5-7-24-45(38)47)36-52-51-34-40(31-32-55(51)58-56(50)52)46-27-13-17-37-15-4-6-23-44(37)46/h1-36H. The molecular formula is C57H36O. The molecule has 0 aliphatic heterocycles. The lowest BCUT2D eigenvalue weighted by atomic mass is 9.67. The number of hydrogen-bond acceptors (Lipinski definition) is 1. The average molecular weight is 737 g/mol. The van der Waals surface area contributed by atoms with Crippen molar-refractivity contribution in [2.75, 3.05) is 0 Å². The van der Waals surface area contributed by atoms with Gasteiger partial charge in [-0.1, -0.05) is 188 Å². The fourth-order valence-corrected chi connectivity index (χ4v) is 10.0. The van der Waals surface area contributed by atoms with Crippen molar-refractivity contribution in [3.63, 3.8) is 0 Å². The van der Waals surface area contributed by atoms with E-state index in [0.717, 1.165) is 38.6 Å². The largest absolute Gasteiger partial charge is 0.455 e. The number of furan rings is 1. The van der Waals surface area contributed by atoms with Crippen LogP contribution in [0.25, 0.3) is 88.0 Å². The van der Waals surface area contributed by atoms with Crippen LogP contribution in [0.2, 0.25) is 0 Å². The van der Waals surface area contributed by atoms with Gasteiger partial charge in [-0.15, -0.1) is 0 Å². The zero-order valence-electron chi connectivity index (χ0n) is 31.7. The summed E-state index contributed by atoms with van der Waals surface area (Å²) in [5, 5.41) is 7.15. The molecule has 1 aliphatic rings. The minimum absolute atomic E-state index is 0.502. The second kappa shape index (κ2) is 12.8. The first-order chi connectivity index (χ1) is 28.8. The monoisotopic (exact) mass is 736 g/mol. The summed E-state index contributed by atoms with van der Waals surface area (Å²) < 4.78 is 6.98. The molecule has 0 unspecified atom stereocenters. The molecule has 0 amide bonds. The van der Waals surface area contributed by atoms with E-state index in [-0.39, 0.29) is 0 Å². The first-order valence-electron chi connectivity index (χ1n) is 20.1. The van der Waals surface area contributed by atoms with Gasteiger partial charge in [-0.05, 0) is 113 Å². The first-order valence-corrected chi connectivity index (χ1v) is 20.1. The van der Waals surface area contributed by atoms with E-state index in [1.54, 1.807) is 0 Å². The molecule has 0 bridgehead atoms. The van der Waals surface area contributed by atoms with Gasteiger partial charge in [0.1, 0.15) is 11.2 Å². The smallest absolute Gasteiger partial charge is 0.143 e. The quantitative estimate of drug-likeness (QED) is 0.171. The first kappa shape index (κ1) is 32.7. The van der Waals surface area contributed by atoms with Crippen LogP contribution < -0.4 is 0 Å². The average Bonchev–Trinajstić information content (AvgIpc) is 3.82. The van der Waals surface area contributed by atoms with Crippen molar-refractivity contribution in [2.45, 2.75) is 5.41 Å². The molecule has 0 saturated heterocycles. The lowest BCUT2D eigenvalue weighted by Gasteiger charge is -2.34. The Kier molecular flexibility index (Phi) is 7.21. The predicted molar refractivity (Wildman–Crippen MR) is 242 cm³/mol. The van der Waals surface area contributed by atoms with Gasteiger partial charge in [0, 0.05) is 16.3 Å². The number of hydrogen-bond donors (Lipinski definition) is 0. The molecule has 0 radical (unpaired) electrons. The zero-order chi connectivity index (χ0) is 38.2. The molecule has 0 atom stereocenters. The van der Waals surface area contributed by atoms with Crippen LogP contribution in [-0.2, 0) is 5.41 Å². The van der Waals surface area contributed by atoms with Crippen molar-refractivity contribution in [3.8, 4) is 44.5 Å². The maximum absolute atomic E-state index is 6.98. The Morgan fingerprint density at radius 1 is 0.293 bits per heavy atom. The molecule has 1 nitrogen and oxygen atoms in total. The Labute approximate surface area is 337 Å². The topological polar surface area (TPSA) is 13.1 Å². The third-order valence-electron chi connectivity index (χ3n) is 12.5. The van der Waals surface area contributed by atoms with E-state index in [2.05, 4.69) is 218 Å². The van der Waals surface area contributed by atoms with Crippen molar-refractivity contribution in [1.82, 2.24) is 0 Å². The summed E-state index contributed by atoms with van der Waals surface area (Å²) in [5.41, 5.74) is 15.9. The molecule has 1 aromatic heterocycles. The van der Waals surface area contributed by atoms with Gasteiger partial charge in [0.2, 0.25) is 0 Å². The maximum atomic E-state index is 6.98. The molecule has 0 saturated carbocycles. The molecule has 58 heavy (non-hydrogen) atoms. The zero-order valence-corrected chi connectivity index (χ0v) is 31.7. The van der Waals surface area contributed by atoms with E-state index in [1.165, 1.54) is 71.6 Å². The normalized spacial score (nSPS) is 13.0. The van der Waals surface area contributed by atoms with Crippen molar-refractivity contribution >= 4 is 43.5 Å². The van der Waals surface area contributed by atoms with Crippen molar-refractivity contribution in [1.29, 1.82) is 0 Å². The van der Waals surface area contributed by atoms with E-state index >= 15 is 0 Å². The Morgan fingerprint density at radius 2 is 0.810 bits per heavy atom. The number of benzene rings is 10. The summed E-state index contributed by atoms with van der Waals surface area (Å²) in [6.07, 6.45) is 0. The van der Waals surface area contributed by atoms with Gasteiger partial charge in [-0.3, -0.25) is 0 Å². The lowest BCUT2D eigenvalue weighted by Crippen LogP contribution is -2.28. The van der Waals surface area contributed by atoms with Crippen LogP contribution >= 0.6 is 0 Å². The van der Waals surface area contributed by atoms with Crippen LogP contribution in [0.1, 0.15) is 22.3 Å². The molecule has 1 heteroatoms.